The Morgan fingerprint density at radius 3 is 2.55 bits per heavy atom. The second kappa shape index (κ2) is 6.57. The van der Waals surface area contributed by atoms with Gasteiger partial charge in [-0.05, 0) is 33.6 Å². The topological polar surface area (TPSA) is 73.0 Å². The Hall–Kier alpha value is -2.41. The number of amides is 1. The zero-order valence-corrected chi connectivity index (χ0v) is 13.1. The van der Waals surface area contributed by atoms with Crippen LogP contribution >= 0.6 is 15.9 Å². The van der Waals surface area contributed by atoms with Crippen LogP contribution < -0.4 is 5.32 Å². The molecule has 3 aromatic rings. The highest BCUT2D eigenvalue weighted by Gasteiger charge is 2.19. The molecule has 3 rings (SSSR count). The van der Waals surface area contributed by atoms with Crippen molar-refractivity contribution in [3.8, 4) is 0 Å². The molecule has 112 valence electrons. The highest BCUT2D eigenvalue weighted by atomic mass is 79.9. The molecule has 1 amide bonds. The van der Waals surface area contributed by atoms with E-state index in [9.17, 15) is 4.79 Å². The summed E-state index contributed by atoms with van der Waals surface area (Å²) in [7, 11) is 0. The van der Waals surface area contributed by atoms with Gasteiger partial charge >= 0.3 is 0 Å². The molecule has 1 aromatic carbocycles. The first-order valence-corrected chi connectivity index (χ1v) is 7.47. The third kappa shape index (κ3) is 3.43. The standard InChI is InChI=1S/C15H13BrN4O2/c16-14-7-6-13(22-14)15(21)19-12(10-20-17-8-9-18-20)11-4-2-1-3-5-11/h1-9,12H,10H2,(H,19,21)/t12-/m0/s1. The Bertz CT molecular complexity index is 740. The highest BCUT2D eigenvalue weighted by Crippen LogP contribution is 2.18. The van der Waals surface area contributed by atoms with Crippen molar-refractivity contribution in [2.45, 2.75) is 12.6 Å². The predicted octanol–water partition coefficient (Wildman–Crippen LogP) is 2.80. The van der Waals surface area contributed by atoms with E-state index < -0.39 is 0 Å². The number of aromatic nitrogens is 3. The van der Waals surface area contributed by atoms with Crippen molar-refractivity contribution >= 4 is 21.8 Å². The smallest absolute Gasteiger partial charge is 0.287 e. The van der Waals surface area contributed by atoms with E-state index in [1.165, 1.54) is 4.80 Å². The summed E-state index contributed by atoms with van der Waals surface area (Å²) in [6.07, 6.45) is 3.21. The van der Waals surface area contributed by atoms with Crippen LogP contribution in [0.3, 0.4) is 0 Å². The maximum Gasteiger partial charge on any atom is 0.287 e. The minimum absolute atomic E-state index is 0.251. The summed E-state index contributed by atoms with van der Waals surface area (Å²) >= 11 is 3.19. The normalized spacial score (nSPS) is 12.0. The number of hydrogen-bond acceptors (Lipinski definition) is 4. The van der Waals surface area contributed by atoms with Crippen LogP contribution in [-0.2, 0) is 6.54 Å². The minimum atomic E-state index is -0.285. The van der Waals surface area contributed by atoms with Crippen LogP contribution in [0, 0.1) is 0 Å². The maximum absolute atomic E-state index is 12.3. The Morgan fingerprint density at radius 1 is 1.18 bits per heavy atom. The molecule has 0 spiro atoms. The summed E-state index contributed by atoms with van der Waals surface area (Å²) in [6, 6.07) is 12.7. The van der Waals surface area contributed by atoms with Gasteiger partial charge in [-0.15, -0.1) is 0 Å². The molecule has 6 nitrogen and oxygen atoms in total. The minimum Gasteiger partial charge on any atom is -0.444 e. The van der Waals surface area contributed by atoms with Crippen molar-refractivity contribution in [2.24, 2.45) is 0 Å². The monoisotopic (exact) mass is 360 g/mol. The molecule has 1 N–H and O–H groups in total. The molecule has 7 heteroatoms. The first kappa shape index (κ1) is 14.5. The molecular weight excluding hydrogens is 348 g/mol. The summed E-state index contributed by atoms with van der Waals surface area (Å²) in [4.78, 5) is 13.8. The third-order valence-corrected chi connectivity index (χ3v) is 3.54. The number of rotatable bonds is 5. The van der Waals surface area contributed by atoms with Gasteiger partial charge in [0.1, 0.15) is 0 Å². The van der Waals surface area contributed by atoms with Crippen LogP contribution in [-0.4, -0.2) is 20.9 Å². The summed E-state index contributed by atoms with van der Waals surface area (Å²) in [5.41, 5.74) is 0.971. The molecule has 0 aliphatic heterocycles. The van der Waals surface area contributed by atoms with Gasteiger partial charge in [-0.2, -0.15) is 15.0 Å². The van der Waals surface area contributed by atoms with Gasteiger partial charge in [0.05, 0.1) is 25.0 Å². The molecule has 0 saturated heterocycles. The first-order valence-electron chi connectivity index (χ1n) is 6.67. The van der Waals surface area contributed by atoms with E-state index in [1.54, 1.807) is 24.5 Å². The number of halogens is 1. The molecule has 0 aliphatic carbocycles. The lowest BCUT2D eigenvalue weighted by atomic mass is 10.1. The lowest BCUT2D eigenvalue weighted by Gasteiger charge is -2.18. The fourth-order valence-electron chi connectivity index (χ4n) is 2.09. The molecule has 2 heterocycles. The van der Waals surface area contributed by atoms with Gasteiger partial charge in [-0.3, -0.25) is 4.79 Å². The van der Waals surface area contributed by atoms with E-state index in [4.69, 9.17) is 4.42 Å². The second-order valence-corrected chi connectivity index (χ2v) is 5.41. The summed E-state index contributed by atoms with van der Waals surface area (Å²) < 4.78 is 5.80. The number of nitrogens with zero attached hydrogens (tertiary/aromatic N) is 3. The molecule has 0 unspecified atom stereocenters. The Balaban J connectivity index is 1.80. The Kier molecular flexibility index (Phi) is 4.34. The van der Waals surface area contributed by atoms with Gasteiger partial charge in [0.25, 0.3) is 5.91 Å². The Labute approximate surface area is 135 Å². The van der Waals surface area contributed by atoms with Crippen LogP contribution in [0.4, 0.5) is 0 Å². The van der Waals surface area contributed by atoms with Crippen LogP contribution in [0.25, 0.3) is 0 Å². The van der Waals surface area contributed by atoms with Crippen LogP contribution in [0.15, 0.2) is 63.9 Å². The fourth-order valence-corrected chi connectivity index (χ4v) is 2.39. The van der Waals surface area contributed by atoms with E-state index in [-0.39, 0.29) is 17.7 Å². The molecule has 0 bridgehead atoms. The third-order valence-electron chi connectivity index (χ3n) is 3.12. The molecule has 0 radical (unpaired) electrons. The quantitative estimate of drug-likeness (QED) is 0.759. The molecule has 0 aliphatic rings. The van der Waals surface area contributed by atoms with Crippen molar-refractivity contribution in [3.63, 3.8) is 0 Å². The molecular formula is C15H13BrN4O2. The first-order chi connectivity index (χ1) is 10.7. The van der Waals surface area contributed by atoms with Crippen molar-refractivity contribution < 1.29 is 9.21 Å². The number of nitrogens with one attached hydrogen (secondary N) is 1. The second-order valence-electron chi connectivity index (χ2n) is 4.62. The number of furan rings is 1. The van der Waals surface area contributed by atoms with Crippen molar-refractivity contribution in [3.05, 3.63) is 70.9 Å². The largest absolute Gasteiger partial charge is 0.444 e. The molecule has 22 heavy (non-hydrogen) atoms. The van der Waals surface area contributed by atoms with E-state index in [0.29, 0.717) is 11.2 Å². The van der Waals surface area contributed by atoms with E-state index in [2.05, 4.69) is 31.4 Å². The van der Waals surface area contributed by atoms with Crippen LogP contribution in [0.5, 0.6) is 0 Å². The van der Waals surface area contributed by atoms with E-state index in [1.807, 2.05) is 30.3 Å². The number of carbonyl (C=O) groups excluding carboxylic acids is 1. The van der Waals surface area contributed by atoms with Gasteiger partial charge in [-0.1, -0.05) is 30.3 Å². The predicted molar refractivity (Wildman–Crippen MR) is 83.1 cm³/mol. The van der Waals surface area contributed by atoms with Crippen molar-refractivity contribution in [1.82, 2.24) is 20.3 Å². The molecule has 1 atom stereocenters. The average Bonchev–Trinajstić information content (AvgIpc) is 3.19. The lowest BCUT2D eigenvalue weighted by molar-refractivity contribution is 0.0901. The summed E-state index contributed by atoms with van der Waals surface area (Å²) in [5.74, 6) is -0.0343. The van der Waals surface area contributed by atoms with Gasteiger partial charge < -0.3 is 9.73 Å². The fraction of sp³-hybridized carbons (Fsp3) is 0.133. The van der Waals surface area contributed by atoms with Gasteiger partial charge in [0, 0.05) is 0 Å². The molecule has 0 fully saturated rings. The lowest BCUT2D eigenvalue weighted by Crippen LogP contribution is -2.31. The number of benzene rings is 1. The van der Waals surface area contributed by atoms with Gasteiger partial charge in [0.2, 0.25) is 0 Å². The van der Waals surface area contributed by atoms with E-state index in [0.717, 1.165) is 5.56 Å². The summed E-state index contributed by atoms with van der Waals surface area (Å²) in [6.45, 7) is 0.435. The highest BCUT2D eigenvalue weighted by molar-refractivity contribution is 9.10. The van der Waals surface area contributed by atoms with Gasteiger partial charge in [-0.25, -0.2) is 0 Å². The van der Waals surface area contributed by atoms with E-state index >= 15 is 0 Å². The van der Waals surface area contributed by atoms with Crippen LogP contribution in [0.1, 0.15) is 22.2 Å². The maximum atomic E-state index is 12.3. The zero-order valence-electron chi connectivity index (χ0n) is 11.5. The number of hydrogen-bond donors (Lipinski definition) is 1. The average molecular weight is 361 g/mol. The SMILES string of the molecule is O=C(N[C@@H](Cn1nccn1)c1ccccc1)c1ccc(Br)o1. The van der Waals surface area contributed by atoms with Crippen molar-refractivity contribution in [2.75, 3.05) is 0 Å². The van der Waals surface area contributed by atoms with Gasteiger partial charge in [0.15, 0.2) is 10.4 Å². The molecule has 0 saturated carbocycles. The zero-order chi connectivity index (χ0) is 15.4. The van der Waals surface area contributed by atoms with Crippen LogP contribution in [0.2, 0.25) is 0 Å². The van der Waals surface area contributed by atoms with Crippen molar-refractivity contribution in [1.29, 1.82) is 0 Å². The Morgan fingerprint density at radius 2 is 1.91 bits per heavy atom. The summed E-state index contributed by atoms with van der Waals surface area (Å²) in [5, 5.41) is 11.1. The number of carbonyl (C=O) groups is 1. The molecule has 2 aromatic heterocycles.